The lowest BCUT2D eigenvalue weighted by molar-refractivity contribution is -0.146. The average Bonchev–Trinajstić information content (AvgIpc) is 2.59. The minimum atomic E-state index is -0.771. The molecule has 0 saturated carbocycles. The zero-order valence-corrected chi connectivity index (χ0v) is 12.9. The Morgan fingerprint density at radius 3 is 2.50 bits per heavy atom. The van der Waals surface area contributed by atoms with Gasteiger partial charge < -0.3 is 24.6 Å². The fourth-order valence-corrected chi connectivity index (χ4v) is 1.92. The molecule has 2 N–H and O–H groups in total. The molecule has 1 aliphatic rings. The van der Waals surface area contributed by atoms with E-state index in [1.807, 2.05) is 0 Å². The fraction of sp³-hybridized carbons (Fsp3) is 0.786. The summed E-state index contributed by atoms with van der Waals surface area (Å²) in [6.45, 7) is 12.8. The van der Waals surface area contributed by atoms with Crippen molar-refractivity contribution in [1.29, 1.82) is 0 Å². The summed E-state index contributed by atoms with van der Waals surface area (Å²) in [5, 5.41) is 11.9. The summed E-state index contributed by atoms with van der Waals surface area (Å²) >= 11 is 0. The molecule has 1 saturated heterocycles. The number of ether oxygens (including phenoxy) is 3. The Labute approximate surface area is 120 Å². The third kappa shape index (κ3) is 5.11. The second-order valence-corrected chi connectivity index (χ2v) is 6.29. The second kappa shape index (κ2) is 6.11. The van der Waals surface area contributed by atoms with E-state index >= 15 is 0 Å². The van der Waals surface area contributed by atoms with E-state index in [1.54, 1.807) is 34.6 Å². The van der Waals surface area contributed by atoms with Crippen molar-refractivity contribution in [2.45, 2.75) is 58.2 Å². The summed E-state index contributed by atoms with van der Waals surface area (Å²) < 4.78 is 16.3. The average molecular weight is 287 g/mol. The van der Waals surface area contributed by atoms with Crippen LogP contribution >= 0.6 is 0 Å². The summed E-state index contributed by atoms with van der Waals surface area (Å²) in [5.41, 5.74) is 0.0778. The van der Waals surface area contributed by atoms with Crippen molar-refractivity contribution >= 4 is 6.09 Å². The molecule has 0 aromatic heterocycles. The molecule has 0 bridgehead atoms. The summed E-state index contributed by atoms with van der Waals surface area (Å²) in [6.07, 6.45) is -1.44. The number of alkyl carbamates (subject to hydrolysis) is 1. The summed E-state index contributed by atoms with van der Waals surface area (Å²) in [6, 6.07) is 0. The summed E-state index contributed by atoms with van der Waals surface area (Å²) in [4.78, 5) is 11.6. The van der Waals surface area contributed by atoms with Crippen LogP contribution in [-0.2, 0) is 14.2 Å². The molecule has 1 heterocycles. The maximum Gasteiger partial charge on any atom is 0.407 e. The van der Waals surface area contributed by atoms with Gasteiger partial charge in [-0.3, -0.25) is 0 Å². The van der Waals surface area contributed by atoms with Gasteiger partial charge in [-0.05, 0) is 40.2 Å². The van der Waals surface area contributed by atoms with E-state index in [1.165, 1.54) is 0 Å². The van der Waals surface area contributed by atoms with Crippen molar-refractivity contribution in [3.8, 4) is 0 Å². The highest BCUT2D eigenvalue weighted by molar-refractivity contribution is 5.68. The van der Waals surface area contributed by atoms with E-state index in [-0.39, 0.29) is 13.2 Å². The topological polar surface area (TPSA) is 77.0 Å². The first-order chi connectivity index (χ1) is 9.04. The number of rotatable bonds is 4. The predicted molar refractivity (Wildman–Crippen MR) is 74.3 cm³/mol. The van der Waals surface area contributed by atoms with Crippen molar-refractivity contribution < 1.29 is 24.1 Å². The van der Waals surface area contributed by atoms with Gasteiger partial charge in [0.15, 0.2) is 5.79 Å². The van der Waals surface area contributed by atoms with Crippen LogP contribution in [0.3, 0.4) is 0 Å². The number of nitrogens with one attached hydrogen (secondary N) is 1. The lowest BCUT2D eigenvalue weighted by Crippen LogP contribution is -2.37. The quantitative estimate of drug-likeness (QED) is 0.768. The molecule has 6 heteroatoms. The third-order valence-electron chi connectivity index (χ3n) is 2.62. The van der Waals surface area contributed by atoms with Gasteiger partial charge in [0.05, 0.1) is 6.61 Å². The minimum absolute atomic E-state index is 0.167. The first-order valence-electron chi connectivity index (χ1n) is 6.65. The van der Waals surface area contributed by atoms with Crippen LogP contribution in [0.1, 0.15) is 34.6 Å². The van der Waals surface area contributed by atoms with Gasteiger partial charge in [0.1, 0.15) is 17.8 Å². The number of aliphatic hydroxyl groups is 1. The molecule has 1 fully saturated rings. The van der Waals surface area contributed by atoms with E-state index in [4.69, 9.17) is 14.2 Å². The molecule has 0 unspecified atom stereocenters. The molecule has 0 aliphatic carbocycles. The van der Waals surface area contributed by atoms with Crippen molar-refractivity contribution in [2.75, 3.05) is 13.2 Å². The van der Waals surface area contributed by atoms with Gasteiger partial charge in [0.2, 0.25) is 0 Å². The van der Waals surface area contributed by atoms with Crippen LogP contribution in [0, 0.1) is 0 Å². The van der Waals surface area contributed by atoms with Crippen molar-refractivity contribution in [2.24, 2.45) is 0 Å². The highest BCUT2D eigenvalue weighted by atomic mass is 16.8. The molecule has 0 radical (unpaired) electrons. The number of hydrogen-bond donors (Lipinski definition) is 2. The van der Waals surface area contributed by atoms with E-state index < -0.39 is 29.7 Å². The maximum atomic E-state index is 11.6. The Morgan fingerprint density at radius 2 is 2.00 bits per heavy atom. The molecule has 0 aromatic carbocycles. The Morgan fingerprint density at radius 1 is 1.40 bits per heavy atom. The highest BCUT2D eigenvalue weighted by Gasteiger charge is 2.42. The standard InChI is InChI=1S/C14H25NO5/c1-9(7-15-12(17)20-13(2,3)4)11-10(8-16)18-14(5,6)19-11/h10-11,16H,1,7-8H2,2-6H3,(H,15,17)/t10-,11-/m0/s1. The van der Waals surface area contributed by atoms with E-state index in [0.29, 0.717) is 5.57 Å². The van der Waals surface area contributed by atoms with Gasteiger partial charge in [-0.2, -0.15) is 0 Å². The van der Waals surface area contributed by atoms with E-state index in [2.05, 4.69) is 11.9 Å². The molecule has 1 aliphatic heterocycles. The largest absolute Gasteiger partial charge is 0.444 e. The number of aliphatic hydroxyl groups excluding tert-OH is 1. The lowest BCUT2D eigenvalue weighted by atomic mass is 10.1. The first-order valence-corrected chi connectivity index (χ1v) is 6.65. The third-order valence-corrected chi connectivity index (χ3v) is 2.62. The van der Waals surface area contributed by atoms with Gasteiger partial charge in [-0.25, -0.2) is 4.79 Å². The molecular formula is C14H25NO5. The highest BCUT2D eigenvalue weighted by Crippen LogP contribution is 2.31. The monoisotopic (exact) mass is 287 g/mol. The van der Waals surface area contributed by atoms with Gasteiger partial charge in [0, 0.05) is 6.54 Å². The van der Waals surface area contributed by atoms with Gasteiger partial charge >= 0.3 is 6.09 Å². The van der Waals surface area contributed by atoms with Gasteiger partial charge in [0.25, 0.3) is 0 Å². The summed E-state index contributed by atoms with van der Waals surface area (Å²) in [7, 11) is 0. The molecule has 2 atom stereocenters. The van der Waals surface area contributed by atoms with Crippen molar-refractivity contribution in [3.63, 3.8) is 0 Å². The SMILES string of the molecule is C=C(CNC(=O)OC(C)(C)C)[C@@H]1OC(C)(C)O[C@H]1CO. The Bertz CT molecular complexity index is 372. The number of carbonyl (C=O) groups excluding carboxylic acids is 1. The summed E-state index contributed by atoms with van der Waals surface area (Å²) in [5.74, 6) is -0.771. The first kappa shape index (κ1) is 16.9. The zero-order valence-electron chi connectivity index (χ0n) is 12.9. The smallest absolute Gasteiger partial charge is 0.407 e. The second-order valence-electron chi connectivity index (χ2n) is 6.29. The molecule has 20 heavy (non-hydrogen) atoms. The van der Waals surface area contributed by atoms with Crippen LogP contribution in [-0.4, -0.2) is 47.9 Å². The van der Waals surface area contributed by atoms with E-state index in [9.17, 15) is 9.90 Å². The van der Waals surface area contributed by atoms with Crippen LogP contribution in [0.15, 0.2) is 12.2 Å². The molecule has 1 amide bonds. The van der Waals surface area contributed by atoms with Crippen LogP contribution in [0.5, 0.6) is 0 Å². The zero-order chi connectivity index (χ0) is 15.6. The van der Waals surface area contributed by atoms with Crippen LogP contribution in [0.25, 0.3) is 0 Å². The van der Waals surface area contributed by atoms with Crippen molar-refractivity contribution in [3.05, 3.63) is 12.2 Å². The predicted octanol–water partition coefficient (Wildman–Crippen LogP) is 1.58. The molecule has 0 spiro atoms. The molecule has 6 nitrogen and oxygen atoms in total. The van der Waals surface area contributed by atoms with Crippen LogP contribution in [0.2, 0.25) is 0 Å². The molecule has 116 valence electrons. The van der Waals surface area contributed by atoms with Crippen LogP contribution in [0.4, 0.5) is 4.79 Å². The lowest BCUT2D eigenvalue weighted by Gasteiger charge is -2.22. The number of amides is 1. The van der Waals surface area contributed by atoms with E-state index in [0.717, 1.165) is 0 Å². The van der Waals surface area contributed by atoms with Gasteiger partial charge in [-0.1, -0.05) is 6.58 Å². The van der Waals surface area contributed by atoms with Crippen molar-refractivity contribution in [1.82, 2.24) is 5.32 Å². The van der Waals surface area contributed by atoms with Crippen LogP contribution < -0.4 is 5.32 Å². The Kier molecular flexibility index (Phi) is 5.18. The molecule has 1 rings (SSSR count). The number of hydrogen-bond acceptors (Lipinski definition) is 5. The normalized spacial score (nSPS) is 25.3. The maximum absolute atomic E-state index is 11.6. The molecule has 0 aromatic rings. The Balaban J connectivity index is 2.49. The number of carbonyl (C=O) groups is 1. The Hall–Kier alpha value is -1.11. The van der Waals surface area contributed by atoms with Gasteiger partial charge in [-0.15, -0.1) is 0 Å². The minimum Gasteiger partial charge on any atom is -0.444 e. The molecular weight excluding hydrogens is 262 g/mol. The fourth-order valence-electron chi connectivity index (χ4n) is 1.92.